The van der Waals surface area contributed by atoms with E-state index in [1.807, 2.05) is 0 Å². The zero-order valence-electron chi connectivity index (χ0n) is 11.4. The molecule has 0 atom stereocenters. The first kappa shape index (κ1) is 14.8. The van der Waals surface area contributed by atoms with Crippen LogP contribution in [0, 0.1) is 23.0 Å². The standard InChI is InChI=1S/C17H10N2O3/c18-11-21-15-6-1-13(2-7-15)3-10-17(20)14-4-8-16(9-5-14)22-12-19/h1-10H. The molecule has 0 spiro atoms. The van der Waals surface area contributed by atoms with E-state index in [9.17, 15) is 4.79 Å². The molecule has 2 aromatic carbocycles. The zero-order chi connectivity index (χ0) is 15.8. The number of ether oxygens (including phenoxy) is 2. The third kappa shape index (κ3) is 3.96. The van der Waals surface area contributed by atoms with Crippen LogP contribution in [0.2, 0.25) is 0 Å². The molecule has 0 saturated heterocycles. The Bertz CT molecular complexity index is 764. The minimum Gasteiger partial charge on any atom is -0.388 e. The summed E-state index contributed by atoms with van der Waals surface area (Å²) in [4.78, 5) is 12.0. The molecule has 2 aromatic rings. The first-order chi connectivity index (χ1) is 10.7. The van der Waals surface area contributed by atoms with Gasteiger partial charge in [0.25, 0.3) is 12.5 Å². The number of carbonyl (C=O) groups excluding carboxylic acids is 1. The van der Waals surface area contributed by atoms with Gasteiger partial charge in [0.2, 0.25) is 0 Å². The fourth-order valence-corrected chi connectivity index (χ4v) is 1.71. The zero-order valence-corrected chi connectivity index (χ0v) is 11.4. The van der Waals surface area contributed by atoms with Crippen LogP contribution in [0.15, 0.2) is 54.6 Å². The van der Waals surface area contributed by atoms with Crippen molar-refractivity contribution in [3.63, 3.8) is 0 Å². The summed E-state index contributed by atoms with van der Waals surface area (Å²) in [6.07, 6.45) is 6.26. The van der Waals surface area contributed by atoms with Gasteiger partial charge in [0, 0.05) is 5.56 Å². The summed E-state index contributed by atoms with van der Waals surface area (Å²) in [7, 11) is 0. The van der Waals surface area contributed by atoms with Crippen LogP contribution in [0.25, 0.3) is 6.08 Å². The van der Waals surface area contributed by atoms with Crippen molar-refractivity contribution in [3.8, 4) is 24.0 Å². The van der Waals surface area contributed by atoms with Gasteiger partial charge in [-0.05, 0) is 48.0 Å². The Morgan fingerprint density at radius 1 is 0.864 bits per heavy atom. The van der Waals surface area contributed by atoms with Gasteiger partial charge in [0.05, 0.1) is 0 Å². The van der Waals surface area contributed by atoms with Crippen LogP contribution in [0.1, 0.15) is 15.9 Å². The third-order valence-corrected chi connectivity index (χ3v) is 2.77. The molecule has 0 saturated carbocycles. The molecule has 0 aromatic heterocycles. The van der Waals surface area contributed by atoms with E-state index in [0.717, 1.165) is 5.56 Å². The first-order valence-electron chi connectivity index (χ1n) is 6.27. The molecule has 0 unspecified atom stereocenters. The fourth-order valence-electron chi connectivity index (χ4n) is 1.71. The summed E-state index contributed by atoms with van der Waals surface area (Å²) in [6.45, 7) is 0. The normalized spacial score (nSPS) is 9.73. The van der Waals surface area contributed by atoms with Crippen molar-refractivity contribution in [2.75, 3.05) is 0 Å². The van der Waals surface area contributed by atoms with Gasteiger partial charge in [-0.25, -0.2) is 0 Å². The Morgan fingerprint density at radius 3 is 1.86 bits per heavy atom. The molecule has 5 heteroatoms. The molecule has 2 rings (SSSR count). The second kappa shape index (κ2) is 7.28. The summed E-state index contributed by atoms with van der Waals surface area (Å²) in [5.74, 6) is 0.663. The average molecular weight is 290 g/mol. The van der Waals surface area contributed by atoms with Crippen LogP contribution in [-0.4, -0.2) is 5.78 Å². The first-order valence-corrected chi connectivity index (χ1v) is 6.27. The summed E-state index contributed by atoms with van der Waals surface area (Å²) in [5, 5.41) is 16.8. The number of hydrogen-bond acceptors (Lipinski definition) is 5. The number of carbonyl (C=O) groups is 1. The van der Waals surface area contributed by atoms with Gasteiger partial charge in [-0.15, -0.1) is 10.5 Å². The van der Waals surface area contributed by atoms with Crippen LogP contribution in [-0.2, 0) is 0 Å². The molecule has 0 aliphatic carbocycles. The molecule has 0 aliphatic rings. The second-order valence-corrected chi connectivity index (χ2v) is 4.18. The van der Waals surface area contributed by atoms with Gasteiger partial charge >= 0.3 is 0 Å². The lowest BCUT2D eigenvalue weighted by Crippen LogP contribution is -1.94. The van der Waals surface area contributed by atoms with Gasteiger partial charge < -0.3 is 9.47 Å². The Kier molecular flexibility index (Phi) is 4.90. The number of allylic oxidation sites excluding steroid dienone is 1. The quantitative estimate of drug-likeness (QED) is 0.479. The Hall–Kier alpha value is -3.57. The Morgan fingerprint density at radius 2 is 1.36 bits per heavy atom. The number of benzene rings is 2. The lowest BCUT2D eigenvalue weighted by atomic mass is 10.1. The van der Waals surface area contributed by atoms with Gasteiger partial charge in [-0.1, -0.05) is 18.2 Å². The average Bonchev–Trinajstić information content (AvgIpc) is 2.55. The van der Waals surface area contributed by atoms with E-state index in [1.54, 1.807) is 67.1 Å². The molecular formula is C17H10N2O3. The smallest absolute Gasteiger partial charge is 0.292 e. The monoisotopic (exact) mass is 290 g/mol. The summed E-state index contributed by atoms with van der Waals surface area (Å²) in [6, 6.07) is 13.0. The lowest BCUT2D eigenvalue weighted by molar-refractivity contribution is 0.104. The highest BCUT2D eigenvalue weighted by Crippen LogP contribution is 2.15. The number of rotatable bonds is 5. The second-order valence-electron chi connectivity index (χ2n) is 4.18. The molecule has 0 bridgehead atoms. The van der Waals surface area contributed by atoms with Crippen LogP contribution < -0.4 is 9.47 Å². The largest absolute Gasteiger partial charge is 0.388 e. The molecule has 0 aliphatic heterocycles. The maximum Gasteiger partial charge on any atom is 0.292 e. The molecule has 106 valence electrons. The highest BCUT2D eigenvalue weighted by atomic mass is 16.5. The van der Waals surface area contributed by atoms with Crippen LogP contribution in [0.4, 0.5) is 0 Å². The summed E-state index contributed by atoms with van der Waals surface area (Å²) < 4.78 is 9.31. The van der Waals surface area contributed by atoms with Crippen LogP contribution in [0.3, 0.4) is 0 Å². The predicted octanol–water partition coefficient (Wildman–Crippen LogP) is 3.30. The van der Waals surface area contributed by atoms with Crippen LogP contribution in [0.5, 0.6) is 11.5 Å². The van der Waals surface area contributed by atoms with E-state index >= 15 is 0 Å². The van der Waals surface area contributed by atoms with Crippen molar-refractivity contribution in [1.82, 2.24) is 0 Å². The van der Waals surface area contributed by atoms with Crippen molar-refractivity contribution in [1.29, 1.82) is 10.5 Å². The Labute approximate surface area is 127 Å². The number of hydrogen-bond donors (Lipinski definition) is 0. The van der Waals surface area contributed by atoms with E-state index in [2.05, 4.69) is 9.47 Å². The maximum atomic E-state index is 12.0. The number of ketones is 1. The maximum absolute atomic E-state index is 12.0. The minimum absolute atomic E-state index is 0.166. The molecule has 0 heterocycles. The third-order valence-electron chi connectivity index (χ3n) is 2.77. The van der Waals surface area contributed by atoms with Gasteiger partial charge in [0.15, 0.2) is 5.78 Å². The van der Waals surface area contributed by atoms with Crippen molar-refractivity contribution in [3.05, 3.63) is 65.7 Å². The van der Waals surface area contributed by atoms with E-state index in [0.29, 0.717) is 17.1 Å². The lowest BCUT2D eigenvalue weighted by Gasteiger charge is -1.99. The molecule has 0 N–H and O–H groups in total. The molecule has 22 heavy (non-hydrogen) atoms. The van der Waals surface area contributed by atoms with E-state index in [1.165, 1.54) is 6.08 Å². The Balaban J connectivity index is 2.04. The highest BCUT2D eigenvalue weighted by Gasteiger charge is 2.02. The molecule has 0 radical (unpaired) electrons. The van der Waals surface area contributed by atoms with Crippen molar-refractivity contribution >= 4 is 11.9 Å². The van der Waals surface area contributed by atoms with E-state index in [4.69, 9.17) is 10.5 Å². The number of nitrogens with zero attached hydrogens (tertiary/aromatic N) is 2. The SMILES string of the molecule is N#COc1ccc(C=CC(=O)c2ccc(OC#N)cc2)cc1. The summed E-state index contributed by atoms with van der Waals surface area (Å²) >= 11 is 0. The van der Waals surface area contributed by atoms with Gasteiger partial charge in [-0.2, -0.15) is 0 Å². The summed E-state index contributed by atoms with van der Waals surface area (Å²) in [5.41, 5.74) is 1.30. The van der Waals surface area contributed by atoms with Crippen LogP contribution >= 0.6 is 0 Å². The van der Waals surface area contributed by atoms with Gasteiger partial charge in [0.1, 0.15) is 11.5 Å². The predicted molar refractivity (Wildman–Crippen MR) is 78.7 cm³/mol. The molecule has 0 fully saturated rings. The van der Waals surface area contributed by atoms with Crippen molar-refractivity contribution < 1.29 is 14.3 Å². The molecule has 5 nitrogen and oxygen atoms in total. The van der Waals surface area contributed by atoms with E-state index < -0.39 is 0 Å². The van der Waals surface area contributed by atoms with Gasteiger partial charge in [-0.3, -0.25) is 4.79 Å². The van der Waals surface area contributed by atoms with Crippen molar-refractivity contribution in [2.24, 2.45) is 0 Å². The highest BCUT2D eigenvalue weighted by molar-refractivity contribution is 6.06. The fraction of sp³-hybridized carbons (Fsp3) is 0. The number of nitriles is 2. The molecular weight excluding hydrogens is 280 g/mol. The van der Waals surface area contributed by atoms with Crippen molar-refractivity contribution in [2.45, 2.75) is 0 Å². The molecule has 0 amide bonds. The van der Waals surface area contributed by atoms with E-state index in [-0.39, 0.29) is 5.78 Å². The topological polar surface area (TPSA) is 83.1 Å². The minimum atomic E-state index is -0.166.